The molecule has 0 atom stereocenters. The van der Waals surface area contributed by atoms with Gasteiger partial charge in [0.05, 0.1) is 0 Å². The number of carbonyl (C=O) groups is 1. The Kier molecular flexibility index (Phi) is 3.35. The van der Waals surface area contributed by atoms with Gasteiger partial charge in [-0.1, -0.05) is 0 Å². The topological polar surface area (TPSA) is 43.8 Å². The second kappa shape index (κ2) is 4.08. The Labute approximate surface area is 75.1 Å². The third-order valence-corrected chi connectivity index (χ3v) is 2.79. The SMILES string of the molecule is O=C(O)N(S)N1CCSCC1. The van der Waals surface area contributed by atoms with E-state index in [1.807, 2.05) is 11.8 Å². The summed E-state index contributed by atoms with van der Waals surface area (Å²) >= 11 is 5.65. The van der Waals surface area contributed by atoms with Gasteiger partial charge in [0.25, 0.3) is 0 Å². The molecule has 64 valence electrons. The summed E-state index contributed by atoms with van der Waals surface area (Å²) in [5, 5.41) is 10.2. The van der Waals surface area contributed by atoms with Gasteiger partial charge in [-0.2, -0.15) is 16.2 Å². The molecule has 11 heavy (non-hydrogen) atoms. The minimum absolute atomic E-state index is 0.764. The van der Waals surface area contributed by atoms with E-state index in [-0.39, 0.29) is 0 Å². The van der Waals surface area contributed by atoms with E-state index < -0.39 is 6.09 Å². The molecule has 0 aromatic heterocycles. The fourth-order valence-electron chi connectivity index (χ4n) is 0.864. The van der Waals surface area contributed by atoms with E-state index in [0.29, 0.717) is 0 Å². The Balaban J connectivity index is 2.38. The highest BCUT2D eigenvalue weighted by atomic mass is 32.2. The van der Waals surface area contributed by atoms with E-state index in [1.165, 1.54) is 0 Å². The van der Waals surface area contributed by atoms with Crippen molar-refractivity contribution in [3.63, 3.8) is 0 Å². The molecule has 0 saturated carbocycles. The minimum Gasteiger partial charge on any atom is -0.463 e. The van der Waals surface area contributed by atoms with Crippen molar-refractivity contribution in [1.29, 1.82) is 0 Å². The maximum atomic E-state index is 10.4. The minimum atomic E-state index is -1.01. The molecule has 0 unspecified atom stereocenters. The van der Waals surface area contributed by atoms with Crippen LogP contribution in [0.5, 0.6) is 0 Å². The highest BCUT2D eigenvalue weighted by Crippen LogP contribution is 2.12. The summed E-state index contributed by atoms with van der Waals surface area (Å²) in [6.07, 6.45) is -1.01. The zero-order valence-corrected chi connectivity index (χ0v) is 7.64. The van der Waals surface area contributed by atoms with Crippen molar-refractivity contribution in [2.75, 3.05) is 24.6 Å². The van der Waals surface area contributed by atoms with Crippen LogP contribution < -0.4 is 0 Å². The molecule has 0 aromatic carbocycles. The summed E-state index contributed by atoms with van der Waals surface area (Å²) in [4.78, 5) is 10.4. The quantitative estimate of drug-likeness (QED) is 0.605. The van der Waals surface area contributed by atoms with Crippen molar-refractivity contribution in [2.24, 2.45) is 0 Å². The van der Waals surface area contributed by atoms with E-state index >= 15 is 0 Å². The largest absolute Gasteiger partial charge is 0.463 e. The van der Waals surface area contributed by atoms with Gasteiger partial charge in [-0.15, -0.1) is 0 Å². The molecule has 0 aliphatic carbocycles. The smallest absolute Gasteiger partial charge is 0.432 e. The summed E-state index contributed by atoms with van der Waals surface area (Å²) in [5.74, 6) is 1.95. The molecular formula is C5H10N2O2S2. The van der Waals surface area contributed by atoms with Crippen molar-refractivity contribution in [1.82, 2.24) is 9.42 Å². The van der Waals surface area contributed by atoms with Crippen LogP contribution in [0.4, 0.5) is 4.79 Å². The predicted octanol–water partition coefficient (Wildman–Crippen LogP) is 0.775. The number of hydrogen-bond acceptors (Lipinski definition) is 4. The van der Waals surface area contributed by atoms with Gasteiger partial charge in [-0.25, -0.2) is 9.80 Å². The first-order chi connectivity index (χ1) is 5.22. The van der Waals surface area contributed by atoms with Crippen LogP contribution >= 0.6 is 24.6 Å². The zero-order valence-electron chi connectivity index (χ0n) is 5.93. The summed E-state index contributed by atoms with van der Waals surface area (Å²) in [6.45, 7) is 1.53. The molecule has 1 fully saturated rings. The van der Waals surface area contributed by atoms with Gasteiger partial charge in [0, 0.05) is 24.6 Å². The first-order valence-corrected chi connectivity index (χ1v) is 4.82. The fraction of sp³-hybridized carbons (Fsp3) is 0.800. The van der Waals surface area contributed by atoms with E-state index in [4.69, 9.17) is 5.11 Å². The van der Waals surface area contributed by atoms with E-state index in [9.17, 15) is 4.79 Å². The van der Waals surface area contributed by atoms with Gasteiger partial charge in [-0.3, -0.25) is 0 Å². The molecule has 0 radical (unpaired) electrons. The molecule has 4 nitrogen and oxygen atoms in total. The Morgan fingerprint density at radius 1 is 1.55 bits per heavy atom. The van der Waals surface area contributed by atoms with E-state index in [0.717, 1.165) is 29.0 Å². The lowest BCUT2D eigenvalue weighted by molar-refractivity contribution is 0.0754. The van der Waals surface area contributed by atoms with Crippen molar-refractivity contribution in [2.45, 2.75) is 0 Å². The normalized spacial score (nSPS) is 19.7. The van der Waals surface area contributed by atoms with E-state index in [1.54, 1.807) is 5.01 Å². The van der Waals surface area contributed by atoms with Crippen LogP contribution in [0.15, 0.2) is 0 Å². The number of carboxylic acid groups (broad SMARTS) is 1. The second-order valence-corrected chi connectivity index (χ2v) is 3.74. The van der Waals surface area contributed by atoms with Crippen molar-refractivity contribution in [3.8, 4) is 0 Å². The molecule has 1 saturated heterocycles. The number of thioether (sulfide) groups is 1. The molecule has 0 bridgehead atoms. The van der Waals surface area contributed by atoms with Crippen LogP contribution in [-0.2, 0) is 0 Å². The Bertz CT molecular complexity index is 149. The van der Waals surface area contributed by atoms with Crippen LogP contribution in [0.2, 0.25) is 0 Å². The third kappa shape index (κ3) is 2.46. The molecule has 1 heterocycles. The van der Waals surface area contributed by atoms with Gasteiger partial charge in [0.1, 0.15) is 0 Å². The van der Waals surface area contributed by atoms with E-state index in [2.05, 4.69) is 12.8 Å². The third-order valence-electron chi connectivity index (χ3n) is 1.43. The number of thiol groups is 1. The summed E-state index contributed by atoms with van der Waals surface area (Å²) in [5.41, 5.74) is 0. The predicted molar refractivity (Wildman–Crippen MR) is 47.7 cm³/mol. The van der Waals surface area contributed by atoms with Gasteiger partial charge in [0.2, 0.25) is 0 Å². The lowest BCUT2D eigenvalue weighted by Crippen LogP contribution is -2.44. The average molecular weight is 194 g/mol. The van der Waals surface area contributed by atoms with Crippen molar-refractivity contribution in [3.05, 3.63) is 0 Å². The highest BCUT2D eigenvalue weighted by molar-refractivity contribution is 7.99. The first-order valence-electron chi connectivity index (χ1n) is 3.26. The average Bonchev–Trinajstić information content (AvgIpc) is 2.05. The van der Waals surface area contributed by atoms with Crippen LogP contribution in [0.3, 0.4) is 0 Å². The van der Waals surface area contributed by atoms with Crippen LogP contribution in [-0.4, -0.2) is 45.2 Å². The maximum absolute atomic E-state index is 10.4. The van der Waals surface area contributed by atoms with Gasteiger partial charge in [-0.05, 0) is 12.8 Å². The Hall–Kier alpha value is -0.0700. The lowest BCUT2D eigenvalue weighted by Gasteiger charge is -2.30. The van der Waals surface area contributed by atoms with Crippen molar-refractivity contribution >= 4 is 30.7 Å². The molecule has 1 aliphatic rings. The fourth-order valence-corrected chi connectivity index (χ4v) is 1.93. The highest BCUT2D eigenvalue weighted by Gasteiger charge is 2.19. The number of hydrazine groups is 1. The molecule has 1 aliphatic heterocycles. The Morgan fingerprint density at radius 2 is 2.09 bits per heavy atom. The molecule has 1 amide bonds. The van der Waals surface area contributed by atoms with Gasteiger partial charge >= 0.3 is 6.09 Å². The summed E-state index contributed by atoms with van der Waals surface area (Å²) in [7, 11) is 0. The van der Waals surface area contributed by atoms with Gasteiger partial charge < -0.3 is 5.11 Å². The van der Waals surface area contributed by atoms with Crippen LogP contribution in [0.1, 0.15) is 0 Å². The number of amides is 1. The standard InChI is InChI=1S/C5H10N2O2S2/c8-5(9)7(10)6-1-3-11-4-2-6/h10H,1-4H2,(H,8,9). The van der Waals surface area contributed by atoms with Gasteiger partial charge in [0.15, 0.2) is 0 Å². The number of rotatable bonds is 1. The Morgan fingerprint density at radius 3 is 2.55 bits per heavy atom. The number of nitrogens with zero attached hydrogens (tertiary/aromatic N) is 2. The van der Waals surface area contributed by atoms with Crippen molar-refractivity contribution < 1.29 is 9.90 Å². The molecule has 0 aromatic rings. The zero-order chi connectivity index (χ0) is 8.27. The second-order valence-electron chi connectivity index (χ2n) is 2.14. The monoisotopic (exact) mass is 194 g/mol. The lowest BCUT2D eigenvalue weighted by atomic mass is 10.6. The summed E-state index contributed by atoms with van der Waals surface area (Å²) < 4.78 is 0.958. The first kappa shape index (κ1) is 9.02. The summed E-state index contributed by atoms with van der Waals surface area (Å²) in [6, 6.07) is 0. The molecule has 0 spiro atoms. The molecular weight excluding hydrogens is 184 g/mol. The van der Waals surface area contributed by atoms with Crippen LogP contribution in [0, 0.1) is 0 Å². The molecule has 1 rings (SSSR count). The maximum Gasteiger partial charge on any atom is 0.432 e. The number of hydrogen-bond donors (Lipinski definition) is 2. The molecule has 6 heteroatoms. The van der Waals surface area contributed by atoms with Crippen LogP contribution in [0.25, 0.3) is 0 Å². The molecule has 1 N–H and O–H groups in total.